The topological polar surface area (TPSA) is 116 Å². The van der Waals surface area contributed by atoms with Gasteiger partial charge in [0.25, 0.3) is 0 Å². The van der Waals surface area contributed by atoms with Crippen molar-refractivity contribution in [3.05, 3.63) is 23.2 Å². The van der Waals surface area contributed by atoms with E-state index < -0.39 is 28.0 Å². The molecule has 3 amide bonds. The Morgan fingerprint density at radius 1 is 1.27 bits per heavy atom. The Labute approximate surface area is 133 Å². The summed E-state index contributed by atoms with van der Waals surface area (Å²) in [4.78, 5) is 22.8. The van der Waals surface area contributed by atoms with E-state index in [1.54, 1.807) is 13.0 Å². The maximum atomic E-state index is 11.7. The molecule has 0 radical (unpaired) electrons. The third-order valence-corrected chi connectivity index (χ3v) is 3.41. The van der Waals surface area contributed by atoms with Gasteiger partial charge in [-0.25, -0.2) is 13.2 Å². The Balaban J connectivity index is 2.77. The molecule has 0 fully saturated rings. The summed E-state index contributed by atoms with van der Waals surface area (Å²) in [7, 11) is -2.03. The first-order valence-electron chi connectivity index (χ1n) is 6.19. The molecule has 122 valence electrons. The fraction of sp³-hybridized carbons (Fsp3) is 0.333. The zero-order chi connectivity index (χ0) is 16.9. The van der Waals surface area contributed by atoms with E-state index in [4.69, 9.17) is 11.6 Å². The molecule has 0 bridgehead atoms. The number of carbonyl (C=O) groups is 2. The first-order chi connectivity index (χ1) is 10.1. The van der Waals surface area contributed by atoms with Crippen LogP contribution in [0.25, 0.3) is 0 Å². The van der Waals surface area contributed by atoms with Gasteiger partial charge in [-0.1, -0.05) is 11.6 Å². The van der Waals surface area contributed by atoms with Gasteiger partial charge >= 0.3 is 6.03 Å². The molecule has 0 aliphatic heterocycles. The fourth-order valence-electron chi connectivity index (χ4n) is 1.49. The number of halogens is 1. The minimum atomic E-state index is -3.43. The lowest BCUT2D eigenvalue weighted by molar-refractivity contribution is -0.120. The van der Waals surface area contributed by atoms with Gasteiger partial charge in [-0.05, 0) is 25.1 Å². The Hall–Kier alpha value is -2.00. The number of urea groups is 1. The van der Waals surface area contributed by atoms with E-state index in [-0.39, 0.29) is 10.7 Å². The van der Waals surface area contributed by atoms with Crippen LogP contribution in [0.4, 0.5) is 16.2 Å². The second-order valence-electron chi connectivity index (χ2n) is 4.50. The van der Waals surface area contributed by atoms with Gasteiger partial charge in [0.2, 0.25) is 15.9 Å². The van der Waals surface area contributed by atoms with Crippen molar-refractivity contribution in [3.63, 3.8) is 0 Å². The number of sulfonamides is 1. The zero-order valence-electron chi connectivity index (χ0n) is 12.2. The summed E-state index contributed by atoms with van der Waals surface area (Å²) in [6.45, 7) is 1.56. The van der Waals surface area contributed by atoms with Crippen LogP contribution < -0.4 is 20.7 Å². The number of carbonyl (C=O) groups excluding carboxylic acids is 2. The molecule has 4 N–H and O–H groups in total. The van der Waals surface area contributed by atoms with Crippen LogP contribution >= 0.6 is 11.6 Å². The number of hydrogen-bond donors (Lipinski definition) is 4. The van der Waals surface area contributed by atoms with Crippen molar-refractivity contribution in [2.75, 3.05) is 23.3 Å². The molecule has 1 rings (SSSR count). The smallest absolute Gasteiger partial charge is 0.321 e. The van der Waals surface area contributed by atoms with Crippen LogP contribution in [0.1, 0.15) is 6.92 Å². The molecule has 10 heteroatoms. The summed E-state index contributed by atoms with van der Waals surface area (Å²) in [5, 5.41) is 7.42. The van der Waals surface area contributed by atoms with Crippen molar-refractivity contribution < 1.29 is 18.0 Å². The largest absolute Gasteiger partial charge is 0.374 e. The molecule has 0 saturated carbocycles. The molecule has 0 heterocycles. The van der Waals surface area contributed by atoms with Gasteiger partial charge < -0.3 is 10.6 Å². The second-order valence-corrected chi connectivity index (χ2v) is 6.66. The highest BCUT2D eigenvalue weighted by molar-refractivity contribution is 7.92. The van der Waals surface area contributed by atoms with E-state index in [1.165, 1.54) is 19.2 Å². The number of nitrogens with one attached hydrogen (secondary N) is 4. The first-order valence-corrected chi connectivity index (χ1v) is 8.46. The average Bonchev–Trinajstić information content (AvgIpc) is 2.40. The third-order valence-electron chi connectivity index (χ3n) is 2.50. The van der Waals surface area contributed by atoms with Gasteiger partial charge in [-0.15, -0.1) is 0 Å². The van der Waals surface area contributed by atoms with Crippen LogP contribution in [0.5, 0.6) is 0 Å². The fourth-order valence-corrected chi connectivity index (χ4v) is 2.35. The van der Waals surface area contributed by atoms with Crippen molar-refractivity contribution in [2.24, 2.45) is 0 Å². The normalized spacial score (nSPS) is 12.2. The summed E-state index contributed by atoms with van der Waals surface area (Å²) in [5.74, 6) is -0.520. The molecular formula is C12H17ClN4O4S. The maximum Gasteiger partial charge on any atom is 0.321 e. The molecule has 1 aromatic rings. The Bertz CT molecular complexity index is 678. The maximum absolute atomic E-state index is 11.7. The Kier molecular flexibility index (Phi) is 6.01. The molecule has 22 heavy (non-hydrogen) atoms. The summed E-state index contributed by atoms with van der Waals surface area (Å²) in [6, 6.07) is 3.20. The Morgan fingerprint density at radius 3 is 2.41 bits per heavy atom. The molecule has 1 aromatic carbocycles. The molecule has 1 atom stereocenters. The first kappa shape index (κ1) is 18.1. The SMILES string of the molecule is CNC(=O)NC(=O)[C@H](C)Nc1ccc(NS(C)(=O)=O)c(Cl)c1. The van der Waals surface area contributed by atoms with Crippen LogP contribution in [0.3, 0.4) is 0 Å². The number of rotatable bonds is 5. The standard InChI is InChI=1S/C12H17ClN4O4S/c1-7(11(18)16-12(19)14-2)15-8-4-5-10(9(13)6-8)17-22(3,20)21/h4-7,15,17H,1-3H3,(H2,14,16,18,19)/t7-/m0/s1. The van der Waals surface area contributed by atoms with Crippen molar-refractivity contribution in [2.45, 2.75) is 13.0 Å². The van der Waals surface area contributed by atoms with Gasteiger partial charge in [0.05, 0.1) is 17.0 Å². The highest BCUT2D eigenvalue weighted by Crippen LogP contribution is 2.26. The molecule has 0 aromatic heterocycles. The van der Waals surface area contributed by atoms with Crippen molar-refractivity contribution in [1.82, 2.24) is 10.6 Å². The zero-order valence-corrected chi connectivity index (χ0v) is 13.8. The molecule has 0 aliphatic carbocycles. The van der Waals surface area contributed by atoms with E-state index >= 15 is 0 Å². The summed E-state index contributed by atoms with van der Waals surface area (Å²) >= 11 is 5.97. The van der Waals surface area contributed by atoms with Crippen LogP contribution in [0.15, 0.2) is 18.2 Å². The van der Waals surface area contributed by atoms with Gasteiger partial charge in [-0.2, -0.15) is 0 Å². The molecule has 0 saturated heterocycles. The molecule has 0 spiro atoms. The summed E-state index contributed by atoms with van der Waals surface area (Å²) in [6.07, 6.45) is 1.01. The summed E-state index contributed by atoms with van der Waals surface area (Å²) < 4.78 is 24.6. The van der Waals surface area contributed by atoms with Crippen LogP contribution in [0, 0.1) is 0 Å². The van der Waals surface area contributed by atoms with Crippen molar-refractivity contribution in [3.8, 4) is 0 Å². The minimum absolute atomic E-state index is 0.175. The third kappa shape index (κ3) is 5.78. The monoisotopic (exact) mass is 348 g/mol. The van der Waals surface area contributed by atoms with Gasteiger partial charge in [0.1, 0.15) is 6.04 Å². The molecule has 0 unspecified atom stereocenters. The highest BCUT2D eigenvalue weighted by Gasteiger charge is 2.15. The van der Waals surface area contributed by atoms with Crippen LogP contribution in [-0.2, 0) is 14.8 Å². The highest BCUT2D eigenvalue weighted by atomic mass is 35.5. The van der Waals surface area contributed by atoms with Crippen LogP contribution in [0.2, 0.25) is 5.02 Å². The van der Waals surface area contributed by atoms with E-state index in [9.17, 15) is 18.0 Å². The van der Waals surface area contributed by atoms with E-state index in [2.05, 4.69) is 20.7 Å². The average molecular weight is 349 g/mol. The lowest BCUT2D eigenvalue weighted by Crippen LogP contribution is -2.44. The van der Waals surface area contributed by atoms with Crippen molar-refractivity contribution in [1.29, 1.82) is 0 Å². The number of benzene rings is 1. The lowest BCUT2D eigenvalue weighted by Gasteiger charge is -2.15. The van der Waals surface area contributed by atoms with Crippen LogP contribution in [-0.4, -0.2) is 39.7 Å². The molecule has 0 aliphatic rings. The van der Waals surface area contributed by atoms with Gasteiger partial charge in [-0.3, -0.25) is 14.8 Å². The molecular weight excluding hydrogens is 332 g/mol. The van der Waals surface area contributed by atoms with Crippen molar-refractivity contribution >= 4 is 44.9 Å². The van der Waals surface area contributed by atoms with E-state index in [0.717, 1.165) is 6.26 Å². The van der Waals surface area contributed by atoms with E-state index in [1.807, 2.05) is 0 Å². The minimum Gasteiger partial charge on any atom is -0.374 e. The predicted octanol–water partition coefficient (Wildman–Crippen LogP) is 0.967. The Morgan fingerprint density at radius 2 is 1.91 bits per heavy atom. The van der Waals surface area contributed by atoms with E-state index in [0.29, 0.717) is 5.69 Å². The number of amides is 3. The lowest BCUT2D eigenvalue weighted by atomic mass is 10.2. The quantitative estimate of drug-likeness (QED) is 0.632. The second kappa shape index (κ2) is 7.32. The molecule has 8 nitrogen and oxygen atoms in total. The number of imide groups is 1. The number of hydrogen-bond acceptors (Lipinski definition) is 5. The number of anilines is 2. The summed E-state index contributed by atoms with van der Waals surface area (Å²) in [5.41, 5.74) is 0.737. The van der Waals surface area contributed by atoms with Gasteiger partial charge in [0.15, 0.2) is 0 Å². The predicted molar refractivity (Wildman–Crippen MR) is 85.6 cm³/mol. The van der Waals surface area contributed by atoms with Gasteiger partial charge in [0, 0.05) is 12.7 Å².